The molecule has 1 atom stereocenters. The third-order valence-electron chi connectivity index (χ3n) is 9.84. The highest BCUT2D eigenvalue weighted by atomic mass is 16.5. The van der Waals surface area contributed by atoms with E-state index in [1.807, 2.05) is 60.7 Å². The number of ether oxygens (including phenoxy) is 1. The summed E-state index contributed by atoms with van der Waals surface area (Å²) in [6.45, 7) is 7.37. The standard InChI is InChI=1S/C40H46N4O4/c1-3-44(31-20-12-7-13-21-31)39(46)36-32-22-14-15-23-34(32)41-37(30-18-10-6-11-19-30)33(36)28-42-24-26-43(27-25-42)38(45)35(40(47)48-4-2)29-16-8-5-9-17-29/h5-6,8-11,14-19,22-23,31,35H,3-4,7,12-13,20-21,24-28H2,1-2H3. The molecule has 1 saturated heterocycles. The molecule has 8 nitrogen and oxygen atoms in total. The number of carbonyl (C=O) groups excluding carboxylic acids is 3. The molecule has 48 heavy (non-hydrogen) atoms. The molecule has 1 aliphatic heterocycles. The van der Waals surface area contributed by atoms with Crippen LogP contribution in [0.1, 0.15) is 73.4 Å². The van der Waals surface area contributed by atoms with Gasteiger partial charge in [-0.25, -0.2) is 4.98 Å². The summed E-state index contributed by atoms with van der Waals surface area (Å²) in [7, 11) is 0. The molecule has 2 fully saturated rings. The molecule has 1 aliphatic carbocycles. The average molecular weight is 647 g/mol. The van der Waals surface area contributed by atoms with Gasteiger partial charge in [0, 0.05) is 61.8 Å². The van der Waals surface area contributed by atoms with Crippen LogP contribution in [0.25, 0.3) is 22.2 Å². The molecule has 2 amide bonds. The van der Waals surface area contributed by atoms with Crippen molar-refractivity contribution in [2.45, 2.75) is 64.5 Å². The second-order valence-electron chi connectivity index (χ2n) is 12.8. The Hall–Kier alpha value is -4.56. The highest BCUT2D eigenvalue weighted by Gasteiger charge is 2.36. The molecular formula is C40H46N4O4. The zero-order valence-corrected chi connectivity index (χ0v) is 28.1. The van der Waals surface area contributed by atoms with Gasteiger partial charge in [-0.3, -0.25) is 19.3 Å². The molecule has 1 saturated carbocycles. The van der Waals surface area contributed by atoms with Gasteiger partial charge in [-0.2, -0.15) is 0 Å². The van der Waals surface area contributed by atoms with Gasteiger partial charge in [0.05, 0.1) is 23.4 Å². The summed E-state index contributed by atoms with van der Waals surface area (Å²) < 4.78 is 5.33. The fourth-order valence-electron chi connectivity index (χ4n) is 7.37. The number of aromatic nitrogens is 1. The molecule has 0 spiro atoms. The minimum Gasteiger partial charge on any atom is -0.465 e. The maximum absolute atomic E-state index is 14.8. The van der Waals surface area contributed by atoms with Gasteiger partial charge in [0.1, 0.15) is 0 Å². The highest BCUT2D eigenvalue weighted by Crippen LogP contribution is 2.34. The lowest BCUT2D eigenvalue weighted by Gasteiger charge is -2.37. The van der Waals surface area contributed by atoms with Crippen molar-refractivity contribution in [3.05, 3.63) is 102 Å². The quantitative estimate of drug-likeness (QED) is 0.141. The van der Waals surface area contributed by atoms with Gasteiger partial charge in [-0.05, 0) is 38.3 Å². The molecule has 0 bridgehead atoms. The molecule has 0 N–H and O–H groups in total. The highest BCUT2D eigenvalue weighted by molar-refractivity contribution is 6.09. The number of carbonyl (C=O) groups is 3. The van der Waals surface area contributed by atoms with Crippen LogP contribution in [-0.2, 0) is 20.9 Å². The first-order valence-electron chi connectivity index (χ1n) is 17.5. The minimum atomic E-state index is -0.990. The Balaban J connectivity index is 1.32. The molecule has 1 aromatic heterocycles. The number of hydrogen-bond acceptors (Lipinski definition) is 6. The van der Waals surface area contributed by atoms with Crippen molar-refractivity contribution in [1.29, 1.82) is 0 Å². The molecule has 2 aliphatic rings. The number of rotatable bonds is 10. The summed E-state index contributed by atoms with van der Waals surface area (Å²) in [5.74, 6) is -1.67. The molecule has 0 radical (unpaired) electrons. The summed E-state index contributed by atoms with van der Waals surface area (Å²) in [5.41, 5.74) is 4.90. The smallest absolute Gasteiger partial charge is 0.323 e. The fourth-order valence-corrected chi connectivity index (χ4v) is 7.37. The van der Waals surface area contributed by atoms with Gasteiger partial charge in [-0.15, -0.1) is 0 Å². The number of pyridine rings is 1. The average Bonchev–Trinajstić information content (AvgIpc) is 3.13. The van der Waals surface area contributed by atoms with Crippen LogP contribution in [0, 0.1) is 0 Å². The molecule has 2 heterocycles. The van der Waals surface area contributed by atoms with Crippen molar-refractivity contribution in [2.75, 3.05) is 39.3 Å². The van der Waals surface area contributed by atoms with Crippen LogP contribution in [0.5, 0.6) is 0 Å². The van der Waals surface area contributed by atoms with Crippen LogP contribution >= 0.6 is 0 Å². The lowest BCUT2D eigenvalue weighted by atomic mass is 9.91. The van der Waals surface area contributed by atoms with Gasteiger partial charge in [-0.1, -0.05) is 98.1 Å². The number of amides is 2. The molecule has 4 aromatic rings. The van der Waals surface area contributed by atoms with Crippen LogP contribution in [-0.4, -0.2) is 82.8 Å². The Morgan fingerprint density at radius 1 is 0.833 bits per heavy atom. The number of fused-ring (bicyclic) bond motifs is 1. The van der Waals surface area contributed by atoms with Crippen LogP contribution in [0.15, 0.2) is 84.9 Å². The first kappa shape index (κ1) is 33.3. The zero-order chi connectivity index (χ0) is 33.5. The molecule has 8 heteroatoms. The lowest BCUT2D eigenvalue weighted by molar-refractivity contribution is -0.152. The van der Waals surface area contributed by atoms with E-state index in [4.69, 9.17) is 9.72 Å². The Morgan fingerprint density at radius 2 is 1.48 bits per heavy atom. The topological polar surface area (TPSA) is 83.0 Å². The van der Waals surface area contributed by atoms with E-state index in [2.05, 4.69) is 28.9 Å². The number of para-hydroxylation sites is 1. The predicted octanol–water partition coefficient (Wildman–Crippen LogP) is 6.69. The first-order valence-corrected chi connectivity index (χ1v) is 17.5. The van der Waals surface area contributed by atoms with E-state index in [1.165, 1.54) is 6.42 Å². The van der Waals surface area contributed by atoms with Crippen LogP contribution in [0.4, 0.5) is 0 Å². The zero-order valence-electron chi connectivity index (χ0n) is 28.1. The maximum atomic E-state index is 14.8. The summed E-state index contributed by atoms with van der Waals surface area (Å²) in [4.78, 5) is 52.9. The van der Waals surface area contributed by atoms with E-state index in [1.54, 1.807) is 24.0 Å². The van der Waals surface area contributed by atoms with E-state index in [0.717, 1.165) is 59.0 Å². The summed E-state index contributed by atoms with van der Waals surface area (Å²) in [5, 5.41) is 0.875. The van der Waals surface area contributed by atoms with Crippen molar-refractivity contribution in [3.8, 4) is 11.3 Å². The Morgan fingerprint density at radius 3 is 2.15 bits per heavy atom. The molecule has 6 rings (SSSR count). The number of esters is 1. The monoisotopic (exact) mass is 646 g/mol. The molecular weight excluding hydrogens is 600 g/mol. The number of nitrogens with zero attached hydrogens (tertiary/aromatic N) is 4. The van der Waals surface area contributed by atoms with Crippen molar-refractivity contribution >= 4 is 28.7 Å². The largest absolute Gasteiger partial charge is 0.465 e. The lowest BCUT2D eigenvalue weighted by Crippen LogP contribution is -2.50. The predicted molar refractivity (Wildman–Crippen MR) is 188 cm³/mol. The van der Waals surface area contributed by atoms with E-state index < -0.39 is 11.9 Å². The Kier molecular flexibility index (Phi) is 10.8. The molecule has 250 valence electrons. The van der Waals surface area contributed by atoms with Gasteiger partial charge in [0.2, 0.25) is 5.91 Å². The van der Waals surface area contributed by atoms with E-state index in [0.29, 0.717) is 44.8 Å². The van der Waals surface area contributed by atoms with E-state index in [9.17, 15) is 14.4 Å². The maximum Gasteiger partial charge on any atom is 0.323 e. The second-order valence-corrected chi connectivity index (χ2v) is 12.8. The fraction of sp³-hybridized carbons (Fsp3) is 0.400. The van der Waals surface area contributed by atoms with Gasteiger partial charge >= 0.3 is 5.97 Å². The minimum absolute atomic E-state index is 0.0733. The summed E-state index contributed by atoms with van der Waals surface area (Å²) >= 11 is 0. The molecule has 1 unspecified atom stereocenters. The van der Waals surface area contributed by atoms with Gasteiger partial charge in [0.15, 0.2) is 5.92 Å². The Labute approximate surface area is 283 Å². The van der Waals surface area contributed by atoms with Crippen LogP contribution in [0.2, 0.25) is 0 Å². The van der Waals surface area contributed by atoms with E-state index in [-0.39, 0.29) is 24.5 Å². The number of piperazine rings is 1. The van der Waals surface area contributed by atoms with Crippen molar-refractivity contribution in [2.24, 2.45) is 0 Å². The van der Waals surface area contributed by atoms with Crippen molar-refractivity contribution in [1.82, 2.24) is 19.7 Å². The van der Waals surface area contributed by atoms with Gasteiger partial charge in [0.25, 0.3) is 5.91 Å². The summed E-state index contributed by atoms with van der Waals surface area (Å²) in [6.07, 6.45) is 5.60. The third kappa shape index (κ3) is 7.14. The normalized spacial score (nSPS) is 16.4. The molecule has 3 aromatic carbocycles. The van der Waals surface area contributed by atoms with Gasteiger partial charge < -0.3 is 14.5 Å². The van der Waals surface area contributed by atoms with E-state index >= 15 is 0 Å². The SMILES string of the molecule is CCOC(=O)C(C(=O)N1CCN(Cc2c(-c3ccccc3)nc3ccccc3c2C(=O)N(CC)C2CCCCC2)CC1)c1ccccc1. The van der Waals surface area contributed by atoms with Crippen molar-refractivity contribution in [3.63, 3.8) is 0 Å². The third-order valence-corrected chi connectivity index (χ3v) is 9.84. The summed E-state index contributed by atoms with van der Waals surface area (Å²) in [6, 6.07) is 27.5. The van der Waals surface area contributed by atoms with Crippen LogP contribution < -0.4 is 0 Å². The first-order chi connectivity index (χ1) is 23.5. The number of hydrogen-bond donors (Lipinski definition) is 0. The number of benzene rings is 3. The Bertz CT molecular complexity index is 1710. The van der Waals surface area contributed by atoms with Crippen LogP contribution in [0.3, 0.4) is 0 Å². The second kappa shape index (κ2) is 15.6. The van der Waals surface area contributed by atoms with Crippen molar-refractivity contribution < 1.29 is 19.1 Å².